The summed E-state index contributed by atoms with van der Waals surface area (Å²) in [5.74, 6) is 1.98. The quantitative estimate of drug-likeness (QED) is 0.457. The van der Waals surface area contributed by atoms with Crippen molar-refractivity contribution in [3.05, 3.63) is 58.0 Å². The second kappa shape index (κ2) is 8.32. The SMILES string of the molecule is Cc1ccccc1-c1nc(CSc2nc3c(=O)[nH]cnc3n2CC2CCCO2)c(C)o1. The number of nitrogens with zero attached hydrogens (tertiary/aromatic N) is 4. The molecule has 1 aromatic carbocycles. The van der Waals surface area contributed by atoms with E-state index in [0.717, 1.165) is 47.2 Å². The van der Waals surface area contributed by atoms with Crippen molar-refractivity contribution in [3.63, 3.8) is 0 Å². The lowest BCUT2D eigenvalue weighted by molar-refractivity contribution is 0.0958. The highest BCUT2D eigenvalue weighted by molar-refractivity contribution is 7.98. The molecule has 9 heteroatoms. The molecule has 0 saturated carbocycles. The molecule has 4 aromatic rings. The Morgan fingerprint density at radius 2 is 2.13 bits per heavy atom. The predicted octanol–water partition coefficient (Wildman–Crippen LogP) is 3.86. The van der Waals surface area contributed by atoms with Gasteiger partial charge in [-0.05, 0) is 38.3 Å². The molecule has 0 spiro atoms. The molecule has 8 nitrogen and oxygen atoms in total. The van der Waals surface area contributed by atoms with Crippen molar-refractivity contribution >= 4 is 22.9 Å². The fraction of sp³-hybridized carbons (Fsp3) is 0.364. The highest BCUT2D eigenvalue weighted by atomic mass is 32.2. The van der Waals surface area contributed by atoms with Gasteiger partial charge in [-0.1, -0.05) is 30.0 Å². The predicted molar refractivity (Wildman–Crippen MR) is 118 cm³/mol. The Hall–Kier alpha value is -2.91. The van der Waals surface area contributed by atoms with E-state index in [1.54, 1.807) is 0 Å². The highest BCUT2D eigenvalue weighted by Gasteiger charge is 2.22. The Balaban J connectivity index is 1.44. The number of nitrogens with one attached hydrogen (secondary N) is 1. The van der Waals surface area contributed by atoms with Crippen LogP contribution in [0.3, 0.4) is 0 Å². The van der Waals surface area contributed by atoms with Crippen LogP contribution in [-0.4, -0.2) is 37.2 Å². The maximum absolute atomic E-state index is 12.3. The summed E-state index contributed by atoms with van der Waals surface area (Å²) in [5, 5.41) is 0.731. The van der Waals surface area contributed by atoms with Crippen LogP contribution >= 0.6 is 11.8 Å². The van der Waals surface area contributed by atoms with Crippen molar-refractivity contribution in [2.75, 3.05) is 6.61 Å². The number of thioether (sulfide) groups is 1. The van der Waals surface area contributed by atoms with E-state index in [1.165, 1.54) is 18.1 Å². The molecule has 4 heterocycles. The first kappa shape index (κ1) is 20.0. The summed E-state index contributed by atoms with van der Waals surface area (Å²) in [5.41, 5.74) is 3.66. The highest BCUT2D eigenvalue weighted by Crippen LogP contribution is 2.30. The molecule has 160 valence electrons. The summed E-state index contributed by atoms with van der Waals surface area (Å²) >= 11 is 1.53. The van der Waals surface area contributed by atoms with Gasteiger partial charge in [0.2, 0.25) is 5.89 Å². The van der Waals surface area contributed by atoms with E-state index in [4.69, 9.17) is 14.1 Å². The number of imidazole rings is 1. The Morgan fingerprint density at radius 1 is 1.26 bits per heavy atom. The van der Waals surface area contributed by atoms with Gasteiger partial charge in [0.25, 0.3) is 5.56 Å². The van der Waals surface area contributed by atoms with Crippen molar-refractivity contribution in [1.29, 1.82) is 0 Å². The molecule has 5 rings (SSSR count). The summed E-state index contributed by atoms with van der Waals surface area (Å²) in [6, 6.07) is 8.03. The molecule has 1 fully saturated rings. The topological polar surface area (TPSA) is 98.8 Å². The van der Waals surface area contributed by atoms with E-state index in [1.807, 2.05) is 42.7 Å². The van der Waals surface area contributed by atoms with Gasteiger partial charge in [-0.25, -0.2) is 15.0 Å². The van der Waals surface area contributed by atoms with Crippen LogP contribution in [0.25, 0.3) is 22.6 Å². The van der Waals surface area contributed by atoms with Gasteiger partial charge in [-0.15, -0.1) is 0 Å². The van der Waals surface area contributed by atoms with Crippen molar-refractivity contribution in [3.8, 4) is 11.5 Å². The molecule has 1 saturated heterocycles. The van der Waals surface area contributed by atoms with Crippen LogP contribution in [0.1, 0.15) is 29.9 Å². The minimum Gasteiger partial charge on any atom is -0.441 e. The normalized spacial score (nSPS) is 16.4. The second-order valence-electron chi connectivity index (χ2n) is 7.67. The van der Waals surface area contributed by atoms with Crippen LogP contribution in [-0.2, 0) is 17.0 Å². The summed E-state index contributed by atoms with van der Waals surface area (Å²) in [7, 11) is 0. The number of aromatic nitrogens is 5. The third kappa shape index (κ3) is 3.90. The van der Waals surface area contributed by atoms with Gasteiger partial charge in [0.15, 0.2) is 16.3 Å². The Bertz CT molecular complexity index is 1290. The Kier molecular flexibility index (Phi) is 5.37. The molecular weight excluding hydrogens is 414 g/mol. The van der Waals surface area contributed by atoms with Gasteiger partial charge in [-0.3, -0.25) is 4.79 Å². The van der Waals surface area contributed by atoms with E-state index in [-0.39, 0.29) is 11.7 Å². The van der Waals surface area contributed by atoms with Crippen molar-refractivity contribution < 1.29 is 9.15 Å². The number of ether oxygens (including phenoxy) is 1. The lowest BCUT2D eigenvalue weighted by Crippen LogP contribution is -2.16. The summed E-state index contributed by atoms with van der Waals surface area (Å²) < 4.78 is 13.7. The Labute approximate surface area is 183 Å². The minimum atomic E-state index is -0.239. The zero-order chi connectivity index (χ0) is 21.4. The fourth-order valence-corrected chi connectivity index (χ4v) is 4.82. The number of aromatic amines is 1. The minimum absolute atomic E-state index is 0.110. The molecule has 1 aliphatic heterocycles. The maximum atomic E-state index is 12.3. The van der Waals surface area contributed by atoms with E-state index in [2.05, 4.69) is 15.0 Å². The van der Waals surface area contributed by atoms with Gasteiger partial charge in [0, 0.05) is 17.9 Å². The third-order valence-corrected chi connectivity index (χ3v) is 6.51. The van der Waals surface area contributed by atoms with Crippen LogP contribution in [0.15, 0.2) is 45.0 Å². The maximum Gasteiger partial charge on any atom is 0.278 e. The molecule has 1 atom stereocenters. The number of rotatable bonds is 6. The number of oxazole rings is 1. The van der Waals surface area contributed by atoms with Gasteiger partial charge < -0.3 is 18.7 Å². The van der Waals surface area contributed by atoms with E-state index in [9.17, 15) is 4.79 Å². The second-order valence-corrected chi connectivity index (χ2v) is 8.61. The first-order valence-electron chi connectivity index (χ1n) is 10.3. The average molecular weight is 438 g/mol. The van der Waals surface area contributed by atoms with Crippen molar-refractivity contribution in [2.24, 2.45) is 0 Å². The first-order valence-corrected chi connectivity index (χ1v) is 11.3. The van der Waals surface area contributed by atoms with Gasteiger partial charge >= 0.3 is 0 Å². The number of hydrogen-bond acceptors (Lipinski definition) is 7. The molecule has 3 aromatic heterocycles. The molecule has 31 heavy (non-hydrogen) atoms. The third-order valence-electron chi connectivity index (χ3n) is 5.52. The zero-order valence-corrected chi connectivity index (χ0v) is 18.2. The lowest BCUT2D eigenvalue weighted by Gasteiger charge is -2.13. The van der Waals surface area contributed by atoms with Gasteiger partial charge in [-0.2, -0.15) is 0 Å². The molecular formula is C22H23N5O3S. The molecule has 1 aliphatic rings. The monoisotopic (exact) mass is 437 g/mol. The van der Waals surface area contributed by atoms with Gasteiger partial charge in [0.05, 0.1) is 24.7 Å². The van der Waals surface area contributed by atoms with Crippen LogP contribution < -0.4 is 5.56 Å². The number of H-pyrrole nitrogens is 1. The van der Waals surface area contributed by atoms with Crippen molar-refractivity contribution in [1.82, 2.24) is 24.5 Å². The number of aryl methyl sites for hydroxylation is 2. The Morgan fingerprint density at radius 3 is 2.94 bits per heavy atom. The summed E-state index contributed by atoms with van der Waals surface area (Å²) in [6.07, 6.45) is 3.57. The van der Waals surface area contributed by atoms with E-state index >= 15 is 0 Å². The number of fused-ring (bicyclic) bond motifs is 1. The lowest BCUT2D eigenvalue weighted by atomic mass is 10.1. The van der Waals surface area contributed by atoms with Crippen LogP contribution in [0.4, 0.5) is 0 Å². The number of hydrogen-bond donors (Lipinski definition) is 1. The van der Waals surface area contributed by atoms with Crippen LogP contribution in [0.2, 0.25) is 0 Å². The van der Waals surface area contributed by atoms with Gasteiger partial charge in [0.1, 0.15) is 5.76 Å². The standard InChI is InChI=1S/C22H23N5O3S/c1-13-6-3-4-8-16(13)21-25-17(14(2)30-21)11-31-22-26-18-19(23-12-24-20(18)28)27(22)10-15-7-5-9-29-15/h3-4,6,8,12,15H,5,7,9-11H2,1-2H3,(H,23,24,28). The van der Waals surface area contributed by atoms with E-state index in [0.29, 0.717) is 29.4 Å². The smallest absolute Gasteiger partial charge is 0.278 e. The molecule has 0 bridgehead atoms. The average Bonchev–Trinajstić information content (AvgIpc) is 3.48. The largest absolute Gasteiger partial charge is 0.441 e. The molecule has 1 N–H and O–H groups in total. The van der Waals surface area contributed by atoms with E-state index < -0.39 is 0 Å². The molecule has 1 unspecified atom stereocenters. The number of benzene rings is 1. The van der Waals surface area contributed by atoms with Crippen LogP contribution in [0.5, 0.6) is 0 Å². The summed E-state index contributed by atoms with van der Waals surface area (Å²) in [4.78, 5) is 28.6. The molecule has 0 amide bonds. The summed E-state index contributed by atoms with van der Waals surface area (Å²) in [6.45, 7) is 5.36. The molecule has 0 radical (unpaired) electrons. The zero-order valence-electron chi connectivity index (χ0n) is 17.4. The first-order chi connectivity index (χ1) is 15.1. The van der Waals surface area contributed by atoms with Crippen LogP contribution in [0, 0.1) is 13.8 Å². The molecule has 0 aliphatic carbocycles. The fourth-order valence-electron chi connectivity index (χ4n) is 3.82. The van der Waals surface area contributed by atoms with Crippen molar-refractivity contribution in [2.45, 2.75) is 50.2 Å².